The molecule has 3 N–H and O–H groups in total. The molecule has 0 aliphatic carbocycles. The molecule has 21 heavy (non-hydrogen) atoms. The molecule has 0 heterocycles. The maximum absolute atomic E-state index is 11.8. The number of carboxylic acid groups (broad SMARTS) is 2. The number of carboxylic acids is 2. The van der Waals surface area contributed by atoms with E-state index in [9.17, 15) is 14.4 Å². The van der Waals surface area contributed by atoms with Crippen LogP contribution < -0.4 is 5.32 Å². The average Bonchev–Trinajstić information content (AvgIpc) is 2.38. The maximum atomic E-state index is 11.8. The normalized spacial score (nSPS) is 11.7. The largest absolute Gasteiger partial charge is 0.481 e. The minimum absolute atomic E-state index is 0.0674. The highest BCUT2D eigenvalue weighted by Gasteiger charge is 2.20. The standard InChI is InChI=1S/C15H19NO5/c1-9-3-4-11(7-10(9)2)8-13(17)16-12(15(20)21)5-6-14(18)19/h3-4,7,12H,5-6,8H2,1-2H3,(H,16,17)(H,18,19)(H,20,21). The molecule has 114 valence electrons. The number of aryl methyl sites for hydroxylation is 2. The van der Waals surface area contributed by atoms with E-state index in [-0.39, 0.29) is 19.3 Å². The molecular formula is C15H19NO5. The van der Waals surface area contributed by atoms with Gasteiger partial charge in [-0.15, -0.1) is 0 Å². The number of carbonyl (C=O) groups excluding carboxylic acids is 1. The SMILES string of the molecule is Cc1ccc(CC(=O)NC(CCC(=O)O)C(=O)O)cc1C. The van der Waals surface area contributed by atoms with Crippen LogP contribution in [0.4, 0.5) is 0 Å². The fourth-order valence-corrected chi connectivity index (χ4v) is 1.87. The molecule has 0 aliphatic heterocycles. The van der Waals surface area contributed by atoms with E-state index < -0.39 is 23.9 Å². The lowest BCUT2D eigenvalue weighted by Gasteiger charge is -2.13. The van der Waals surface area contributed by atoms with Crippen LogP contribution in [0.25, 0.3) is 0 Å². The number of benzene rings is 1. The van der Waals surface area contributed by atoms with E-state index in [0.717, 1.165) is 16.7 Å². The van der Waals surface area contributed by atoms with E-state index in [1.165, 1.54) is 0 Å². The van der Waals surface area contributed by atoms with E-state index in [1.54, 1.807) is 0 Å². The summed E-state index contributed by atoms with van der Waals surface area (Å²) in [4.78, 5) is 33.3. The van der Waals surface area contributed by atoms with Crippen molar-refractivity contribution >= 4 is 17.8 Å². The fourth-order valence-electron chi connectivity index (χ4n) is 1.87. The third kappa shape index (κ3) is 5.64. The lowest BCUT2D eigenvalue weighted by Crippen LogP contribution is -2.41. The van der Waals surface area contributed by atoms with Crippen LogP contribution in [-0.4, -0.2) is 34.1 Å². The molecule has 1 amide bonds. The lowest BCUT2D eigenvalue weighted by atomic mass is 10.0. The fraction of sp³-hybridized carbons (Fsp3) is 0.400. The predicted octanol–water partition coefficient (Wildman–Crippen LogP) is 1.28. The van der Waals surface area contributed by atoms with Gasteiger partial charge in [-0.25, -0.2) is 4.79 Å². The van der Waals surface area contributed by atoms with Gasteiger partial charge in [-0.2, -0.15) is 0 Å². The van der Waals surface area contributed by atoms with E-state index in [2.05, 4.69) is 5.32 Å². The number of amides is 1. The van der Waals surface area contributed by atoms with Gasteiger partial charge in [-0.1, -0.05) is 18.2 Å². The van der Waals surface area contributed by atoms with Crippen LogP contribution in [0.2, 0.25) is 0 Å². The van der Waals surface area contributed by atoms with Crippen molar-refractivity contribution in [2.75, 3.05) is 0 Å². The summed E-state index contributed by atoms with van der Waals surface area (Å²) in [5, 5.41) is 19.9. The Bertz CT molecular complexity index is 553. The molecule has 1 aromatic rings. The Morgan fingerprint density at radius 3 is 2.33 bits per heavy atom. The summed E-state index contributed by atoms with van der Waals surface area (Å²) in [5.74, 6) is -2.76. The summed E-state index contributed by atoms with van der Waals surface area (Å²) in [6.07, 6.45) is -0.373. The molecule has 0 radical (unpaired) electrons. The Labute approximate surface area is 122 Å². The van der Waals surface area contributed by atoms with Crippen molar-refractivity contribution in [1.29, 1.82) is 0 Å². The zero-order valence-corrected chi connectivity index (χ0v) is 12.0. The second kappa shape index (κ2) is 7.42. The Morgan fingerprint density at radius 1 is 1.14 bits per heavy atom. The van der Waals surface area contributed by atoms with Gasteiger partial charge >= 0.3 is 11.9 Å². The van der Waals surface area contributed by atoms with Crippen molar-refractivity contribution in [2.24, 2.45) is 0 Å². The smallest absolute Gasteiger partial charge is 0.326 e. The van der Waals surface area contributed by atoms with Crippen LogP contribution in [0, 0.1) is 13.8 Å². The van der Waals surface area contributed by atoms with Gasteiger partial charge in [0.2, 0.25) is 5.91 Å². The van der Waals surface area contributed by atoms with E-state index in [4.69, 9.17) is 10.2 Å². The number of aliphatic carboxylic acids is 2. The van der Waals surface area contributed by atoms with Gasteiger partial charge < -0.3 is 15.5 Å². The quantitative estimate of drug-likeness (QED) is 0.702. The third-order valence-electron chi connectivity index (χ3n) is 3.22. The van der Waals surface area contributed by atoms with Crippen LogP contribution in [0.5, 0.6) is 0 Å². The van der Waals surface area contributed by atoms with Gasteiger partial charge in [-0.05, 0) is 37.0 Å². The van der Waals surface area contributed by atoms with Gasteiger partial charge in [0.05, 0.1) is 6.42 Å². The van der Waals surface area contributed by atoms with Crippen molar-refractivity contribution in [1.82, 2.24) is 5.32 Å². The maximum Gasteiger partial charge on any atom is 0.326 e. The summed E-state index contributed by atoms with van der Waals surface area (Å²) in [6.45, 7) is 3.90. The summed E-state index contributed by atoms with van der Waals surface area (Å²) in [7, 11) is 0. The van der Waals surface area contributed by atoms with Crippen molar-refractivity contribution in [2.45, 2.75) is 39.2 Å². The van der Waals surface area contributed by atoms with Crippen LogP contribution in [0.15, 0.2) is 18.2 Å². The molecule has 6 nitrogen and oxygen atoms in total. The molecule has 0 saturated carbocycles. The Kier molecular flexibility index (Phi) is 5.90. The van der Waals surface area contributed by atoms with Gasteiger partial charge in [-0.3, -0.25) is 9.59 Å². The second-order valence-corrected chi connectivity index (χ2v) is 4.99. The molecular weight excluding hydrogens is 274 g/mol. The first-order valence-corrected chi connectivity index (χ1v) is 6.59. The number of hydrogen-bond acceptors (Lipinski definition) is 3. The van der Waals surface area contributed by atoms with Gasteiger partial charge in [0.15, 0.2) is 0 Å². The van der Waals surface area contributed by atoms with Crippen LogP contribution >= 0.6 is 0 Å². The molecule has 1 rings (SSSR count). The van der Waals surface area contributed by atoms with E-state index >= 15 is 0 Å². The van der Waals surface area contributed by atoms with E-state index in [0.29, 0.717) is 0 Å². The highest BCUT2D eigenvalue weighted by atomic mass is 16.4. The number of rotatable bonds is 7. The van der Waals surface area contributed by atoms with Gasteiger partial charge in [0.25, 0.3) is 0 Å². The third-order valence-corrected chi connectivity index (χ3v) is 3.22. The molecule has 0 saturated heterocycles. The molecule has 1 aromatic carbocycles. The first-order valence-electron chi connectivity index (χ1n) is 6.59. The molecule has 1 atom stereocenters. The van der Waals surface area contributed by atoms with Gasteiger partial charge in [0, 0.05) is 6.42 Å². The minimum Gasteiger partial charge on any atom is -0.481 e. The first kappa shape index (κ1) is 16.7. The highest BCUT2D eigenvalue weighted by molar-refractivity contribution is 5.85. The van der Waals surface area contributed by atoms with Crippen molar-refractivity contribution in [3.05, 3.63) is 34.9 Å². The Hall–Kier alpha value is -2.37. The Morgan fingerprint density at radius 2 is 1.81 bits per heavy atom. The van der Waals surface area contributed by atoms with Crippen LogP contribution in [-0.2, 0) is 20.8 Å². The monoisotopic (exact) mass is 293 g/mol. The van der Waals surface area contributed by atoms with Crippen LogP contribution in [0.3, 0.4) is 0 Å². The number of carbonyl (C=O) groups is 3. The highest BCUT2D eigenvalue weighted by Crippen LogP contribution is 2.10. The van der Waals surface area contributed by atoms with Crippen LogP contribution in [0.1, 0.15) is 29.5 Å². The van der Waals surface area contributed by atoms with Gasteiger partial charge in [0.1, 0.15) is 6.04 Å². The molecule has 1 unspecified atom stereocenters. The van der Waals surface area contributed by atoms with Crippen molar-refractivity contribution in [3.63, 3.8) is 0 Å². The molecule has 0 fully saturated rings. The molecule has 0 spiro atoms. The Balaban J connectivity index is 2.62. The minimum atomic E-state index is -1.23. The molecule has 0 bridgehead atoms. The predicted molar refractivity (Wildman–Crippen MR) is 76.1 cm³/mol. The number of nitrogens with one attached hydrogen (secondary N) is 1. The summed E-state index contributed by atoms with van der Waals surface area (Å²) < 4.78 is 0. The van der Waals surface area contributed by atoms with Crippen molar-refractivity contribution in [3.8, 4) is 0 Å². The van der Waals surface area contributed by atoms with Crippen molar-refractivity contribution < 1.29 is 24.6 Å². The van der Waals surface area contributed by atoms with E-state index in [1.807, 2.05) is 32.0 Å². The topological polar surface area (TPSA) is 104 Å². The summed E-state index contributed by atoms with van der Waals surface area (Å²) >= 11 is 0. The average molecular weight is 293 g/mol. The summed E-state index contributed by atoms with van der Waals surface area (Å²) in [5.41, 5.74) is 2.96. The zero-order valence-electron chi connectivity index (χ0n) is 12.0. The molecule has 0 aliphatic rings. The molecule has 6 heteroatoms. The first-order chi connectivity index (χ1) is 9.79. The lowest BCUT2D eigenvalue weighted by molar-refractivity contribution is -0.143. The summed E-state index contributed by atoms with van der Waals surface area (Å²) in [6, 6.07) is 4.41. The second-order valence-electron chi connectivity index (χ2n) is 4.99. The molecule has 0 aromatic heterocycles. The zero-order chi connectivity index (χ0) is 16.0. The number of hydrogen-bond donors (Lipinski definition) is 3.